The van der Waals surface area contributed by atoms with E-state index in [-0.39, 0.29) is 13.0 Å². The van der Waals surface area contributed by atoms with Crippen molar-refractivity contribution in [2.24, 2.45) is 5.92 Å². The molecule has 5 heteroatoms. The maximum atomic E-state index is 11.9. The zero-order valence-electron chi connectivity index (χ0n) is 5.76. The first-order valence-electron chi connectivity index (χ1n) is 3.35. The van der Waals surface area contributed by atoms with Gasteiger partial charge in [-0.05, 0) is 6.42 Å². The van der Waals surface area contributed by atoms with Crippen LogP contribution in [0, 0.1) is 5.92 Å². The van der Waals surface area contributed by atoms with Gasteiger partial charge in [-0.15, -0.1) is 0 Å². The normalized spacial score (nSPS) is 31.2. The van der Waals surface area contributed by atoms with E-state index in [9.17, 15) is 13.6 Å². The van der Waals surface area contributed by atoms with Gasteiger partial charge in [0.1, 0.15) is 6.04 Å². The molecule has 0 aromatic carbocycles. The molecule has 3 nitrogen and oxygen atoms in total. The Labute approximate surface area is 62.4 Å². The van der Waals surface area contributed by atoms with Crippen molar-refractivity contribution >= 4 is 5.97 Å². The van der Waals surface area contributed by atoms with Gasteiger partial charge in [0.05, 0.1) is 0 Å². The fraction of sp³-hybridized carbons (Fsp3) is 0.833. The Morgan fingerprint density at radius 1 is 1.64 bits per heavy atom. The summed E-state index contributed by atoms with van der Waals surface area (Å²) in [5.41, 5.74) is 0. The Balaban J connectivity index is 2.41. The Bertz CT molecular complexity index is 163. The standard InChI is InChI=1S/C6H9F2NO2/c7-5(8)3-1-4(6(10)11)9-2-3/h3-5,9H,1-2H2,(H,10,11)/t3-,4-/m0/s1. The quantitative estimate of drug-likeness (QED) is 0.619. The number of halogens is 2. The number of rotatable bonds is 2. The minimum atomic E-state index is -2.41. The average Bonchev–Trinajstić information content (AvgIpc) is 2.33. The minimum Gasteiger partial charge on any atom is -0.480 e. The number of aliphatic carboxylic acids is 1. The topological polar surface area (TPSA) is 49.3 Å². The maximum absolute atomic E-state index is 11.9. The number of carboxylic acid groups (broad SMARTS) is 1. The van der Waals surface area contributed by atoms with Crippen molar-refractivity contribution in [2.75, 3.05) is 6.54 Å². The Morgan fingerprint density at radius 3 is 2.55 bits per heavy atom. The molecule has 11 heavy (non-hydrogen) atoms. The summed E-state index contributed by atoms with van der Waals surface area (Å²) in [6, 6.07) is -0.783. The molecule has 1 aliphatic heterocycles. The highest BCUT2D eigenvalue weighted by molar-refractivity contribution is 5.73. The van der Waals surface area contributed by atoms with Crippen LogP contribution in [-0.4, -0.2) is 30.1 Å². The number of hydrogen-bond acceptors (Lipinski definition) is 2. The van der Waals surface area contributed by atoms with Crippen LogP contribution in [0.5, 0.6) is 0 Å². The van der Waals surface area contributed by atoms with Crippen LogP contribution in [-0.2, 0) is 4.79 Å². The molecule has 0 radical (unpaired) electrons. The lowest BCUT2D eigenvalue weighted by molar-refractivity contribution is -0.139. The van der Waals surface area contributed by atoms with E-state index in [0.29, 0.717) is 0 Å². The lowest BCUT2D eigenvalue weighted by atomic mass is 10.1. The van der Waals surface area contributed by atoms with E-state index in [4.69, 9.17) is 5.11 Å². The maximum Gasteiger partial charge on any atom is 0.320 e. The number of nitrogens with one attached hydrogen (secondary N) is 1. The summed E-state index contributed by atoms with van der Waals surface area (Å²) in [6.45, 7) is 0.106. The molecule has 0 saturated carbocycles. The van der Waals surface area contributed by atoms with Gasteiger partial charge in [0.2, 0.25) is 6.43 Å². The van der Waals surface area contributed by atoms with Crippen LogP contribution in [0.3, 0.4) is 0 Å². The molecule has 2 N–H and O–H groups in total. The van der Waals surface area contributed by atoms with Crippen LogP contribution in [0.2, 0.25) is 0 Å². The molecule has 1 fully saturated rings. The summed E-state index contributed by atoms with van der Waals surface area (Å²) in [5.74, 6) is -1.84. The lowest BCUT2D eigenvalue weighted by Crippen LogP contribution is -2.29. The second kappa shape index (κ2) is 3.13. The van der Waals surface area contributed by atoms with Crippen molar-refractivity contribution in [1.82, 2.24) is 5.32 Å². The predicted octanol–water partition coefficient (Wildman–Crippen LogP) is 0.314. The van der Waals surface area contributed by atoms with Gasteiger partial charge in [-0.1, -0.05) is 0 Å². The fourth-order valence-corrected chi connectivity index (χ4v) is 1.14. The van der Waals surface area contributed by atoms with E-state index >= 15 is 0 Å². The molecule has 0 unspecified atom stereocenters. The minimum absolute atomic E-state index is 0.0347. The Kier molecular flexibility index (Phi) is 2.38. The third kappa shape index (κ3) is 1.86. The molecule has 1 saturated heterocycles. The number of carbonyl (C=O) groups is 1. The predicted molar refractivity (Wildman–Crippen MR) is 33.5 cm³/mol. The van der Waals surface area contributed by atoms with Crippen LogP contribution in [0.1, 0.15) is 6.42 Å². The average molecular weight is 165 g/mol. The third-order valence-corrected chi connectivity index (χ3v) is 1.82. The molecule has 0 amide bonds. The summed E-state index contributed by atoms with van der Waals surface area (Å²) in [5, 5.41) is 10.9. The molecule has 1 aliphatic rings. The molecule has 1 rings (SSSR count). The van der Waals surface area contributed by atoms with E-state index in [1.807, 2.05) is 0 Å². The SMILES string of the molecule is O=C(O)[C@@H]1C[C@H](C(F)F)CN1. The molecular formula is C6H9F2NO2. The van der Waals surface area contributed by atoms with E-state index in [2.05, 4.69) is 5.32 Å². The van der Waals surface area contributed by atoms with E-state index in [0.717, 1.165) is 0 Å². The van der Waals surface area contributed by atoms with Gasteiger partial charge < -0.3 is 10.4 Å². The summed E-state index contributed by atoms with van der Waals surface area (Å²) in [7, 11) is 0. The van der Waals surface area contributed by atoms with Gasteiger partial charge in [0, 0.05) is 12.5 Å². The van der Waals surface area contributed by atoms with Crippen molar-refractivity contribution in [1.29, 1.82) is 0 Å². The third-order valence-electron chi connectivity index (χ3n) is 1.82. The molecule has 2 atom stereocenters. The van der Waals surface area contributed by atoms with Crippen LogP contribution in [0.4, 0.5) is 8.78 Å². The number of alkyl halides is 2. The van der Waals surface area contributed by atoms with Crippen molar-refractivity contribution in [3.05, 3.63) is 0 Å². The van der Waals surface area contributed by atoms with Crippen LogP contribution < -0.4 is 5.32 Å². The lowest BCUT2D eigenvalue weighted by Gasteiger charge is -2.04. The Morgan fingerprint density at radius 2 is 2.27 bits per heavy atom. The first kappa shape index (κ1) is 8.39. The molecule has 1 heterocycles. The highest BCUT2D eigenvalue weighted by atomic mass is 19.3. The largest absolute Gasteiger partial charge is 0.480 e. The van der Waals surface area contributed by atoms with Gasteiger partial charge in [0.15, 0.2) is 0 Å². The van der Waals surface area contributed by atoms with Crippen molar-refractivity contribution in [3.8, 4) is 0 Å². The summed E-state index contributed by atoms with van der Waals surface area (Å²) in [4.78, 5) is 10.3. The van der Waals surface area contributed by atoms with Gasteiger partial charge >= 0.3 is 5.97 Å². The molecule has 0 aromatic rings. The summed E-state index contributed by atoms with van der Waals surface area (Å²) in [6.07, 6.45) is -2.38. The van der Waals surface area contributed by atoms with Gasteiger partial charge in [-0.25, -0.2) is 8.78 Å². The summed E-state index contributed by atoms with van der Waals surface area (Å²) >= 11 is 0. The number of hydrogen-bond donors (Lipinski definition) is 2. The van der Waals surface area contributed by atoms with E-state index < -0.39 is 24.4 Å². The molecule has 0 bridgehead atoms. The molecule has 0 spiro atoms. The van der Waals surface area contributed by atoms with Crippen molar-refractivity contribution in [3.63, 3.8) is 0 Å². The molecule has 0 aliphatic carbocycles. The molecule has 0 aromatic heterocycles. The zero-order valence-corrected chi connectivity index (χ0v) is 5.76. The smallest absolute Gasteiger partial charge is 0.320 e. The number of carboxylic acids is 1. The monoisotopic (exact) mass is 165 g/mol. The second-order valence-electron chi connectivity index (χ2n) is 2.63. The summed E-state index contributed by atoms with van der Waals surface area (Å²) < 4.78 is 23.9. The fourth-order valence-electron chi connectivity index (χ4n) is 1.14. The van der Waals surface area contributed by atoms with E-state index in [1.165, 1.54) is 0 Å². The first-order chi connectivity index (χ1) is 5.11. The van der Waals surface area contributed by atoms with Gasteiger partial charge in [-0.2, -0.15) is 0 Å². The van der Waals surface area contributed by atoms with Crippen molar-refractivity contribution in [2.45, 2.75) is 18.9 Å². The van der Waals surface area contributed by atoms with Crippen LogP contribution in [0.15, 0.2) is 0 Å². The second-order valence-corrected chi connectivity index (χ2v) is 2.63. The van der Waals surface area contributed by atoms with E-state index in [1.54, 1.807) is 0 Å². The Hall–Kier alpha value is -0.710. The van der Waals surface area contributed by atoms with Crippen LogP contribution in [0.25, 0.3) is 0 Å². The zero-order chi connectivity index (χ0) is 8.43. The highest BCUT2D eigenvalue weighted by Crippen LogP contribution is 2.20. The van der Waals surface area contributed by atoms with Gasteiger partial charge in [0.25, 0.3) is 0 Å². The van der Waals surface area contributed by atoms with Gasteiger partial charge in [-0.3, -0.25) is 4.79 Å². The molecule has 64 valence electrons. The highest BCUT2D eigenvalue weighted by Gasteiger charge is 2.34. The first-order valence-corrected chi connectivity index (χ1v) is 3.35. The van der Waals surface area contributed by atoms with Crippen molar-refractivity contribution < 1.29 is 18.7 Å². The molecular weight excluding hydrogens is 156 g/mol. The van der Waals surface area contributed by atoms with Crippen LogP contribution >= 0.6 is 0 Å².